The molecule has 0 radical (unpaired) electrons. The minimum atomic E-state index is -0.719. The van der Waals surface area contributed by atoms with E-state index in [2.05, 4.69) is 28.5 Å². The largest absolute Gasteiger partial charge is 0.467 e. The molecule has 0 heterocycles. The van der Waals surface area contributed by atoms with Crippen molar-refractivity contribution in [1.82, 2.24) is 10.6 Å². The van der Waals surface area contributed by atoms with Crippen LogP contribution in [0.4, 0.5) is 9.59 Å². The van der Waals surface area contributed by atoms with Crippen LogP contribution in [0.5, 0.6) is 0 Å². The molecule has 0 aromatic heterocycles. The number of benzene rings is 2. The lowest BCUT2D eigenvalue weighted by molar-refractivity contribution is -0.142. The zero-order chi connectivity index (χ0) is 27.3. The number of ketones is 1. The molecule has 0 saturated carbocycles. The van der Waals surface area contributed by atoms with E-state index in [1.165, 1.54) is 14.0 Å². The number of rotatable bonds is 9. The van der Waals surface area contributed by atoms with E-state index in [9.17, 15) is 19.2 Å². The summed E-state index contributed by atoms with van der Waals surface area (Å²) in [4.78, 5) is 44.8. The molecule has 9 nitrogen and oxygen atoms in total. The predicted molar refractivity (Wildman–Crippen MR) is 137 cm³/mol. The van der Waals surface area contributed by atoms with Gasteiger partial charge in [-0.3, -0.25) is 4.79 Å². The van der Waals surface area contributed by atoms with Crippen LogP contribution in [0.15, 0.2) is 73.8 Å². The second kappa shape index (κ2) is 19.5. The molecule has 36 heavy (non-hydrogen) atoms. The van der Waals surface area contributed by atoms with Gasteiger partial charge in [0.25, 0.3) is 0 Å². The highest BCUT2D eigenvalue weighted by molar-refractivity contribution is 6.28. The first kappa shape index (κ1) is 32.1. The Bertz CT molecular complexity index is 851. The van der Waals surface area contributed by atoms with Crippen molar-refractivity contribution in [3.05, 3.63) is 84.9 Å². The average molecular weight is 521 g/mol. The van der Waals surface area contributed by atoms with Crippen LogP contribution in [0.25, 0.3) is 0 Å². The number of hydrogen-bond donors (Lipinski definition) is 2. The number of nitrogens with one attached hydrogen (secondary N) is 2. The maximum atomic E-state index is 11.3. The molecule has 0 aliphatic rings. The van der Waals surface area contributed by atoms with E-state index in [1.54, 1.807) is 6.92 Å². The molecule has 0 bridgehead atoms. The zero-order valence-electron chi connectivity index (χ0n) is 20.7. The number of carbonyl (C=O) groups excluding carboxylic acids is 4. The number of esters is 1. The fraction of sp³-hybridized carbons (Fsp3) is 0.308. The maximum absolute atomic E-state index is 11.3. The molecule has 10 heteroatoms. The number of hydrogen-bond acceptors (Lipinski definition) is 7. The van der Waals surface area contributed by atoms with Crippen LogP contribution in [0.1, 0.15) is 25.0 Å². The van der Waals surface area contributed by atoms with Gasteiger partial charge in [0.15, 0.2) is 5.78 Å². The maximum Gasteiger partial charge on any atom is 0.408 e. The van der Waals surface area contributed by atoms with Crippen molar-refractivity contribution in [2.24, 2.45) is 0 Å². The third kappa shape index (κ3) is 14.4. The summed E-state index contributed by atoms with van der Waals surface area (Å²) in [6.45, 7) is 9.43. The van der Waals surface area contributed by atoms with Crippen LogP contribution < -0.4 is 10.6 Å². The topological polar surface area (TPSA) is 120 Å². The molecule has 2 N–H and O–H groups in total. The first-order valence-electron chi connectivity index (χ1n) is 10.9. The molecule has 2 atom stereocenters. The molecule has 2 amide bonds. The Labute approximate surface area is 216 Å². The van der Waals surface area contributed by atoms with Gasteiger partial charge in [0.1, 0.15) is 19.3 Å². The zero-order valence-corrected chi connectivity index (χ0v) is 21.5. The van der Waals surface area contributed by atoms with Gasteiger partial charge in [-0.2, -0.15) is 0 Å². The third-order valence-electron chi connectivity index (χ3n) is 4.26. The average Bonchev–Trinajstić information content (AvgIpc) is 2.92. The molecule has 2 aromatic carbocycles. The molecular weight excluding hydrogens is 488 g/mol. The highest BCUT2D eigenvalue weighted by Crippen LogP contribution is 2.02. The van der Waals surface area contributed by atoms with Gasteiger partial charge in [-0.25, -0.2) is 14.4 Å². The minimum absolute atomic E-state index is 0.125. The van der Waals surface area contributed by atoms with Gasteiger partial charge in [0, 0.05) is 0 Å². The Morgan fingerprint density at radius 2 is 1.17 bits per heavy atom. The second-order valence-electron chi connectivity index (χ2n) is 6.98. The molecule has 0 spiro atoms. The fourth-order valence-corrected chi connectivity index (χ4v) is 2.55. The molecule has 2 aromatic rings. The first-order chi connectivity index (χ1) is 17.3. The Hall–Kier alpha value is -3.85. The predicted octanol–water partition coefficient (Wildman–Crippen LogP) is 4.39. The van der Waals surface area contributed by atoms with Crippen LogP contribution in [0.3, 0.4) is 0 Å². The van der Waals surface area contributed by atoms with Gasteiger partial charge in [-0.1, -0.05) is 60.7 Å². The fourth-order valence-electron chi connectivity index (χ4n) is 2.32. The molecular formula is C26H33ClN2O7. The van der Waals surface area contributed by atoms with E-state index in [0.29, 0.717) is 0 Å². The lowest BCUT2D eigenvalue weighted by atomic mass is 10.2. The van der Waals surface area contributed by atoms with Gasteiger partial charge in [-0.05, 0) is 25.0 Å². The highest BCUT2D eigenvalue weighted by atomic mass is 35.5. The molecule has 196 valence electrons. The summed E-state index contributed by atoms with van der Waals surface area (Å²) in [5.74, 6) is -0.884. The SMILES string of the molecule is C=C.CC(NC(=O)OCc1ccccc1)C(=O)CCl.COC(=O)C(C)NC(=O)OCc1ccccc1. The number of halogens is 1. The number of alkyl carbamates (subject to hydrolysis) is 2. The van der Waals surface area contributed by atoms with Crippen molar-refractivity contribution in [2.75, 3.05) is 13.0 Å². The van der Waals surface area contributed by atoms with Crippen LogP contribution in [-0.2, 0) is 37.0 Å². The van der Waals surface area contributed by atoms with Crippen LogP contribution in [-0.4, -0.2) is 49.0 Å². The summed E-state index contributed by atoms with van der Waals surface area (Å²) >= 11 is 5.36. The Morgan fingerprint density at radius 3 is 1.53 bits per heavy atom. The van der Waals surface area contributed by atoms with Crippen molar-refractivity contribution < 1.29 is 33.4 Å². The highest BCUT2D eigenvalue weighted by Gasteiger charge is 2.16. The summed E-state index contributed by atoms with van der Waals surface area (Å²) in [5, 5.41) is 4.77. The smallest absolute Gasteiger partial charge is 0.408 e. The van der Waals surface area contributed by atoms with Crippen molar-refractivity contribution >= 4 is 35.5 Å². The number of methoxy groups -OCH3 is 1. The van der Waals surface area contributed by atoms with Crippen molar-refractivity contribution in [3.8, 4) is 0 Å². The number of alkyl halides is 1. The van der Waals surface area contributed by atoms with Crippen LogP contribution >= 0.6 is 11.6 Å². The quantitative estimate of drug-likeness (QED) is 0.218. The van der Waals surface area contributed by atoms with Crippen molar-refractivity contribution in [1.29, 1.82) is 0 Å². The normalized spacial score (nSPS) is 11.0. The monoisotopic (exact) mass is 520 g/mol. The van der Waals surface area contributed by atoms with E-state index in [1.807, 2.05) is 60.7 Å². The standard InChI is InChI=1S/C12H14ClNO3.C12H15NO4.C2H4/c1-9(11(15)7-13)14-12(16)17-8-10-5-3-2-4-6-10;1-9(11(14)16-2)13-12(15)17-8-10-6-4-3-5-7-10;1-2/h2-6,9H,7-8H2,1H3,(H,14,16);3-7,9H,8H2,1-2H3,(H,13,15);1-2H2. The van der Waals surface area contributed by atoms with Crippen molar-refractivity contribution in [3.63, 3.8) is 0 Å². The number of carbonyl (C=O) groups is 4. The summed E-state index contributed by atoms with van der Waals surface area (Å²) in [6, 6.07) is 17.2. The number of Topliss-reactive ketones (excluding diaryl/α,β-unsaturated/α-hetero) is 1. The molecule has 0 aliphatic carbocycles. The molecule has 0 fully saturated rings. The molecule has 0 aliphatic heterocycles. The lowest BCUT2D eigenvalue weighted by Gasteiger charge is -2.11. The van der Waals surface area contributed by atoms with E-state index in [0.717, 1.165) is 11.1 Å². The molecule has 2 unspecified atom stereocenters. The Kier molecular flexibility index (Phi) is 17.4. The molecule has 0 saturated heterocycles. The van der Waals surface area contributed by atoms with Crippen LogP contribution in [0.2, 0.25) is 0 Å². The molecule has 2 rings (SSSR count). The van der Waals surface area contributed by atoms with Gasteiger partial charge in [-0.15, -0.1) is 24.8 Å². The van der Waals surface area contributed by atoms with Gasteiger partial charge in [0.2, 0.25) is 0 Å². The minimum Gasteiger partial charge on any atom is -0.467 e. The van der Waals surface area contributed by atoms with E-state index >= 15 is 0 Å². The number of ether oxygens (including phenoxy) is 3. The first-order valence-corrected chi connectivity index (χ1v) is 11.4. The third-order valence-corrected chi connectivity index (χ3v) is 4.53. The Balaban J connectivity index is 0.000000637. The van der Waals surface area contributed by atoms with Gasteiger partial charge < -0.3 is 24.8 Å². The summed E-state index contributed by atoms with van der Waals surface area (Å²) in [7, 11) is 1.26. The van der Waals surface area contributed by atoms with Crippen molar-refractivity contribution in [2.45, 2.75) is 39.1 Å². The van der Waals surface area contributed by atoms with Crippen LogP contribution in [0, 0.1) is 0 Å². The van der Waals surface area contributed by atoms with E-state index in [4.69, 9.17) is 21.1 Å². The van der Waals surface area contributed by atoms with E-state index < -0.39 is 30.2 Å². The number of amides is 2. The van der Waals surface area contributed by atoms with Gasteiger partial charge in [0.05, 0.1) is 19.0 Å². The summed E-state index contributed by atoms with van der Waals surface area (Å²) in [6.07, 6.45) is -1.27. The summed E-state index contributed by atoms with van der Waals surface area (Å²) < 4.78 is 14.4. The van der Waals surface area contributed by atoms with E-state index in [-0.39, 0.29) is 24.9 Å². The second-order valence-corrected chi connectivity index (χ2v) is 7.25. The lowest BCUT2D eigenvalue weighted by Crippen LogP contribution is -2.39. The Morgan fingerprint density at radius 1 is 0.778 bits per heavy atom. The van der Waals surface area contributed by atoms with Gasteiger partial charge >= 0.3 is 18.2 Å². The summed E-state index contributed by atoms with van der Waals surface area (Å²) in [5.41, 5.74) is 1.77.